The van der Waals surface area contributed by atoms with Crippen molar-refractivity contribution in [3.05, 3.63) is 23.8 Å². The molecular formula is C15H24N4O. The fourth-order valence-electron chi connectivity index (χ4n) is 2.59. The van der Waals surface area contributed by atoms with Gasteiger partial charge in [-0.1, -0.05) is 6.92 Å². The van der Waals surface area contributed by atoms with Crippen LogP contribution in [-0.4, -0.2) is 47.0 Å². The number of hydrogen-bond donors (Lipinski definition) is 1. The van der Waals surface area contributed by atoms with Crippen LogP contribution < -0.4 is 5.32 Å². The zero-order chi connectivity index (χ0) is 14.4. The minimum atomic E-state index is 0.0119. The van der Waals surface area contributed by atoms with Crippen molar-refractivity contribution in [2.75, 3.05) is 26.2 Å². The summed E-state index contributed by atoms with van der Waals surface area (Å²) in [6, 6.07) is 0. The van der Waals surface area contributed by atoms with Crippen molar-refractivity contribution in [3.63, 3.8) is 0 Å². The largest absolute Gasteiger partial charge is 0.337 e. The number of rotatable bonds is 5. The van der Waals surface area contributed by atoms with Crippen LogP contribution in [-0.2, 0) is 0 Å². The third-order valence-electron chi connectivity index (χ3n) is 3.72. The van der Waals surface area contributed by atoms with E-state index in [0.29, 0.717) is 11.6 Å². The van der Waals surface area contributed by atoms with Gasteiger partial charge in [-0.05, 0) is 45.2 Å². The van der Waals surface area contributed by atoms with Crippen molar-refractivity contribution in [3.8, 4) is 0 Å². The van der Waals surface area contributed by atoms with Crippen molar-refractivity contribution < 1.29 is 4.79 Å². The molecule has 1 amide bonds. The van der Waals surface area contributed by atoms with Gasteiger partial charge in [-0.2, -0.15) is 0 Å². The van der Waals surface area contributed by atoms with Crippen molar-refractivity contribution in [2.24, 2.45) is 5.92 Å². The highest BCUT2D eigenvalue weighted by Crippen LogP contribution is 2.15. The molecule has 0 unspecified atom stereocenters. The number of amides is 1. The molecule has 2 heterocycles. The van der Waals surface area contributed by atoms with Crippen LogP contribution >= 0.6 is 0 Å². The normalized spacial score (nSPS) is 16.1. The number of nitrogens with zero attached hydrogens (tertiary/aromatic N) is 3. The van der Waals surface area contributed by atoms with Crippen LogP contribution in [0.15, 0.2) is 12.4 Å². The molecule has 1 fully saturated rings. The summed E-state index contributed by atoms with van der Waals surface area (Å²) in [5.41, 5.74) is 1.29. The molecular weight excluding hydrogens is 252 g/mol. The number of aryl methyl sites for hydroxylation is 1. The van der Waals surface area contributed by atoms with Crippen LogP contribution in [0.5, 0.6) is 0 Å². The van der Waals surface area contributed by atoms with Crippen molar-refractivity contribution in [1.82, 2.24) is 20.2 Å². The quantitative estimate of drug-likeness (QED) is 0.888. The van der Waals surface area contributed by atoms with Gasteiger partial charge in [0.25, 0.3) is 5.91 Å². The topological polar surface area (TPSA) is 58.1 Å². The summed E-state index contributed by atoms with van der Waals surface area (Å²) in [5.74, 6) is 0.614. The maximum atomic E-state index is 12.5. The SMILES string of the molecule is CCCN(CC1CCNCC1)C(=O)c1cnc(C)cn1. The van der Waals surface area contributed by atoms with Gasteiger partial charge in [0.05, 0.1) is 11.9 Å². The molecule has 0 atom stereocenters. The zero-order valence-corrected chi connectivity index (χ0v) is 12.4. The first kappa shape index (κ1) is 14.9. The van der Waals surface area contributed by atoms with Gasteiger partial charge in [0, 0.05) is 19.3 Å². The van der Waals surface area contributed by atoms with Crippen LogP contribution in [0.2, 0.25) is 0 Å². The highest BCUT2D eigenvalue weighted by molar-refractivity contribution is 5.92. The maximum absolute atomic E-state index is 12.5. The number of hydrogen-bond acceptors (Lipinski definition) is 4. The highest BCUT2D eigenvalue weighted by Gasteiger charge is 2.22. The Kier molecular flexibility index (Phi) is 5.47. The predicted molar refractivity (Wildman–Crippen MR) is 78.6 cm³/mol. The van der Waals surface area contributed by atoms with E-state index in [2.05, 4.69) is 22.2 Å². The second-order valence-corrected chi connectivity index (χ2v) is 5.49. The number of aromatic nitrogens is 2. The average Bonchev–Trinajstić information content (AvgIpc) is 2.48. The molecule has 1 aliphatic heterocycles. The Balaban J connectivity index is 2.02. The first-order valence-corrected chi connectivity index (χ1v) is 7.49. The third-order valence-corrected chi connectivity index (χ3v) is 3.72. The van der Waals surface area contributed by atoms with E-state index in [-0.39, 0.29) is 5.91 Å². The zero-order valence-electron chi connectivity index (χ0n) is 12.4. The Morgan fingerprint density at radius 3 is 2.70 bits per heavy atom. The molecule has 0 spiro atoms. The summed E-state index contributed by atoms with van der Waals surface area (Å²) in [4.78, 5) is 22.8. The number of carbonyl (C=O) groups is 1. The molecule has 0 saturated carbocycles. The van der Waals surface area contributed by atoms with Gasteiger partial charge in [0.15, 0.2) is 0 Å². The Morgan fingerprint density at radius 1 is 1.35 bits per heavy atom. The lowest BCUT2D eigenvalue weighted by Gasteiger charge is -2.29. The summed E-state index contributed by atoms with van der Waals surface area (Å²) in [5, 5.41) is 3.36. The van der Waals surface area contributed by atoms with Crippen LogP contribution in [0.3, 0.4) is 0 Å². The Morgan fingerprint density at radius 2 is 2.10 bits per heavy atom. The van der Waals surface area contributed by atoms with E-state index in [1.165, 1.54) is 0 Å². The fourth-order valence-corrected chi connectivity index (χ4v) is 2.59. The summed E-state index contributed by atoms with van der Waals surface area (Å²) in [6.07, 6.45) is 6.50. The second kappa shape index (κ2) is 7.33. The van der Waals surface area contributed by atoms with E-state index in [1.807, 2.05) is 11.8 Å². The van der Waals surface area contributed by atoms with Crippen LogP contribution in [0, 0.1) is 12.8 Å². The standard InChI is InChI=1S/C15H24N4O/c1-3-8-19(11-13-4-6-16-7-5-13)15(20)14-10-17-12(2)9-18-14/h9-10,13,16H,3-8,11H2,1-2H3. The van der Waals surface area contributed by atoms with E-state index in [1.54, 1.807) is 12.4 Å². The molecule has 2 rings (SSSR count). The van der Waals surface area contributed by atoms with E-state index in [0.717, 1.165) is 51.1 Å². The number of piperidine rings is 1. The van der Waals surface area contributed by atoms with E-state index < -0.39 is 0 Å². The minimum absolute atomic E-state index is 0.0119. The predicted octanol–water partition coefficient (Wildman–Crippen LogP) is 1.64. The molecule has 1 aliphatic rings. The molecule has 1 saturated heterocycles. The minimum Gasteiger partial charge on any atom is -0.337 e. The van der Waals surface area contributed by atoms with Gasteiger partial charge in [0.2, 0.25) is 0 Å². The average molecular weight is 276 g/mol. The van der Waals surface area contributed by atoms with Gasteiger partial charge in [-0.3, -0.25) is 9.78 Å². The van der Waals surface area contributed by atoms with Gasteiger partial charge < -0.3 is 10.2 Å². The third kappa shape index (κ3) is 4.00. The molecule has 20 heavy (non-hydrogen) atoms. The van der Waals surface area contributed by atoms with Crippen LogP contribution in [0.4, 0.5) is 0 Å². The Bertz CT molecular complexity index is 426. The summed E-state index contributed by atoms with van der Waals surface area (Å²) < 4.78 is 0. The molecule has 110 valence electrons. The lowest BCUT2D eigenvalue weighted by Crippen LogP contribution is -2.40. The molecule has 1 aromatic heterocycles. The van der Waals surface area contributed by atoms with Gasteiger partial charge in [-0.15, -0.1) is 0 Å². The highest BCUT2D eigenvalue weighted by atomic mass is 16.2. The first-order chi connectivity index (χ1) is 9.70. The molecule has 5 heteroatoms. The molecule has 0 bridgehead atoms. The van der Waals surface area contributed by atoms with Crippen molar-refractivity contribution in [2.45, 2.75) is 33.1 Å². The smallest absolute Gasteiger partial charge is 0.274 e. The Labute approximate surface area is 120 Å². The van der Waals surface area contributed by atoms with Crippen LogP contribution in [0.1, 0.15) is 42.4 Å². The molecule has 5 nitrogen and oxygen atoms in total. The van der Waals surface area contributed by atoms with Gasteiger partial charge in [0.1, 0.15) is 5.69 Å². The molecule has 0 aliphatic carbocycles. The monoisotopic (exact) mass is 276 g/mol. The first-order valence-electron chi connectivity index (χ1n) is 7.49. The molecule has 1 aromatic rings. The number of carbonyl (C=O) groups excluding carboxylic acids is 1. The molecule has 0 radical (unpaired) electrons. The van der Waals surface area contributed by atoms with E-state index >= 15 is 0 Å². The van der Waals surface area contributed by atoms with Crippen molar-refractivity contribution in [1.29, 1.82) is 0 Å². The van der Waals surface area contributed by atoms with Crippen molar-refractivity contribution >= 4 is 5.91 Å². The number of nitrogens with one attached hydrogen (secondary N) is 1. The van der Waals surface area contributed by atoms with E-state index in [9.17, 15) is 4.79 Å². The van der Waals surface area contributed by atoms with Gasteiger partial charge >= 0.3 is 0 Å². The lowest BCUT2D eigenvalue weighted by atomic mass is 9.97. The second-order valence-electron chi connectivity index (χ2n) is 5.49. The summed E-state index contributed by atoms with van der Waals surface area (Å²) >= 11 is 0. The van der Waals surface area contributed by atoms with Gasteiger partial charge in [-0.25, -0.2) is 4.98 Å². The summed E-state index contributed by atoms with van der Waals surface area (Å²) in [6.45, 7) is 7.72. The lowest BCUT2D eigenvalue weighted by molar-refractivity contribution is 0.0710. The van der Waals surface area contributed by atoms with E-state index in [4.69, 9.17) is 0 Å². The summed E-state index contributed by atoms with van der Waals surface area (Å²) in [7, 11) is 0. The Hall–Kier alpha value is -1.49. The maximum Gasteiger partial charge on any atom is 0.274 e. The van der Waals surface area contributed by atoms with Crippen LogP contribution in [0.25, 0.3) is 0 Å². The molecule has 1 N–H and O–H groups in total. The fraction of sp³-hybridized carbons (Fsp3) is 0.667. The molecule has 0 aromatic carbocycles.